The molecule has 3 aromatic carbocycles. The number of carbonyl (C=O) groups is 2. The maximum atomic E-state index is 12.9. The topological polar surface area (TPSA) is 110 Å². The van der Waals surface area contributed by atoms with E-state index in [1.807, 2.05) is 79.8 Å². The minimum atomic E-state index is -0.539. The van der Waals surface area contributed by atoms with E-state index in [0.717, 1.165) is 34.4 Å². The number of carbonyl (C=O) groups excluding carboxylic acids is 2. The minimum Gasteiger partial charge on any atom is -0.492 e. The van der Waals surface area contributed by atoms with E-state index in [1.165, 1.54) is 0 Å². The van der Waals surface area contributed by atoms with E-state index in [9.17, 15) is 9.59 Å². The van der Waals surface area contributed by atoms with E-state index in [2.05, 4.69) is 46.7 Å². The van der Waals surface area contributed by atoms with Crippen molar-refractivity contribution in [1.29, 1.82) is 0 Å². The van der Waals surface area contributed by atoms with Crippen molar-refractivity contribution >= 4 is 39.9 Å². The quantitative estimate of drug-likeness (QED) is 0.268. The maximum absolute atomic E-state index is 12.9. The number of nitrogens with zero attached hydrogens (tertiary/aromatic N) is 3. The van der Waals surface area contributed by atoms with Gasteiger partial charge in [-0.2, -0.15) is 5.10 Å². The van der Waals surface area contributed by atoms with Crippen molar-refractivity contribution in [2.75, 3.05) is 48.8 Å². The van der Waals surface area contributed by atoms with Crippen LogP contribution in [0.3, 0.4) is 0 Å². The van der Waals surface area contributed by atoms with Crippen LogP contribution < -0.4 is 20.7 Å². The molecular formula is C32H38N6O4. The molecule has 0 radical (unpaired) electrons. The van der Waals surface area contributed by atoms with Crippen LogP contribution in [0.2, 0.25) is 0 Å². The second-order valence-electron chi connectivity index (χ2n) is 11.4. The molecule has 0 spiro atoms. The Bertz CT molecular complexity index is 1550. The molecule has 42 heavy (non-hydrogen) atoms. The van der Waals surface area contributed by atoms with Crippen LogP contribution >= 0.6 is 0 Å². The summed E-state index contributed by atoms with van der Waals surface area (Å²) in [5.74, 6) is 1.19. The van der Waals surface area contributed by atoms with Crippen LogP contribution in [-0.4, -0.2) is 65.6 Å². The molecule has 1 aliphatic rings. The first-order valence-corrected chi connectivity index (χ1v) is 14.1. The number of benzene rings is 3. The Hall–Kier alpha value is -4.41. The summed E-state index contributed by atoms with van der Waals surface area (Å²) in [6, 6.07) is 22.4. The van der Waals surface area contributed by atoms with Gasteiger partial charge in [-0.05, 0) is 24.3 Å². The predicted octanol–water partition coefficient (Wildman–Crippen LogP) is 5.23. The van der Waals surface area contributed by atoms with Crippen molar-refractivity contribution in [2.24, 2.45) is 7.05 Å². The number of fused-ring (bicyclic) bond motifs is 1. The van der Waals surface area contributed by atoms with Crippen molar-refractivity contribution in [3.05, 3.63) is 78.5 Å². The highest BCUT2D eigenvalue weighted by Crippen LogP contribution is 2.32. The average molecular weight is 571 g/mol. The number of nitrogens with one attached hydrogen (secondary N) is 3. The number of morpholine rings is 1. The molecule has 1 aliphatic heterocycles. The lowest BCUT2D eigenvalue weighted by molar-refractivity contribution is -0.133. The van der Waals surface area contributed by atoms with Gasteiger partial charge >= 0.3 is 6.03 Å². The van der Waals surface area contributed by atoms with Gasteiger partial charge in [0.1, 0.15) is 24.3 Å². The first-order valence-electron chi connectivity index (χ1n) is 14.1. The molecule has 0 bridgehead atoms. The van der Waals surface area contributed by atoms with Gasteiger partial charge < -0.3 is 20.1 Å². The van der Waals surface area contributed by atoms with Crippen molar-refractivity contribution in [1.82, 2.24) is 14.7 Å². The van der Waals surface area contributed by atoms with Gasteiger partial charge in [0.05, 0.1) is 18.0 Å². The Kier molecular flexibility index (Phi) is 8.75. The molecule has 220 valence electrons. The van der Waals surface area contributed by atoms with Gasteiger partial charge in [0, 0.05) is 54.6 Å². The molecule has 0 saturated carbocycles. The first kappa shape index (κ1) is 29.1. The van der Waals surface area contributed by atoms with Crippen molar-refractivity contribution in [2.45, 2.75) is 32.3 Å². The smallest absolute Gasteiger partial charge is 0.324 e. The van der Waals surface area contributed by atoms with Gasteiger partial charge in [-0.3, -0.25) is 19.7 Å². The molecule has 0 aliphatic carbocycles. The van der Waals surface area contributed by atoms with Crippen LogP contribution in [0, 0.1) is 0 Å². The zero-order valence-corrected chi connectivity index (χ0v) is 24.5. The molecule has 1 atom stereocenters. The number of para-hydroxylation sites is 1. The zero-order chi connectivity index (χ0) is 29.7. The second kappa shape index (κ2) is 12.6. The zero-order valence-electron chi connectivity index (χ0n) is 24.5. The normalized spacial score (nSPS) is 15.8. The Morgan fingerprint density at radius 1 is 0.976 bits per heavy atom. The third kappa shape index (κ3) is 7.07. The number of amides is 3. The van der Waals surface area contributed by atoms with Crippen LogP contribution in [0.4, 0.5) is 22.0 Å². The number of ether oxygens (including phenoxy) is 2. The lowest BCUT2D eigenvalue weighted by Crippen LogP contribution is -2.48. The number of aryl methyl sites for hydroxylation is 1. The van der Waals surface area contributed by atoms with Gasteiger partial charge in [0.15, 0.2) is 0 Å². The average Bonchev–Trinajstić information content (AvgIpc) is 3.35. The first-order chi connectivity index (χ1) is 20.2. The fourth-order valence-corrected chi connectivity index (χ4v) is 4.82. The molecule has 1 unspecified atom stereocenters. The molecule has 1 saturated heterocycles. The highest BCUT2D eigenvalue weighted by molar-refractivity contribution is 6.07. The van der Waals surface area contributed by atoms with E-state index >= 15 is 0 Å². The Morgan fingerprint density at radius 3 is 2.45 bits per heavy atom. The summed E-state index contributed by atoms with van der Waals surface area (Å²) in [5.41, 5.74) is 2.20. The second-order valence-corrected chi connectivity index (χ2v) is 11.4. The van der Waals surface area contributed by atoms with Crippen LogP contribution in [0.5, 0.6) is 5.75 Å². The summed E-state index contributed by atoms with van der Waals surface area (Å²) < 4.78 is 13.6. The third-order valence-electron chi connectivity index (χ3n) is 7.17. The van der Waals surface area contributed by atoms with Gasteiger partial charge in [-0.1, -0.05) is 63.2 Å². The molecular weight excluding hydrogens is 532 g/mol. The molecule has 10 nitrogen and oxygen atoms in total. The summed E-state index contributed by atoms with van der Waals surface area (Å²) >= 11 is 0. The van der Waals surface area contributed by atoms with Crippen molar-refractivity contribution < 1.29 is 19.1 Å². The monoisotopic (exact) mass is 570 g/mol. The highest BCUT2D eigenvalue weighted by Gasteiger charge is 2.27. The van der Waals surface area contributed by atoms with Crippen LogP contribution in [0.1, 0.15) is 26.5 Å². The van der Waals surface area contributed by atoms with E-state index < -0.39 is 6.10 Å². The number of anilines is 3. The summed E-state index contributed by atoms with van der Waals surface area (Å²) in [4.78, 5) is 27.8. The van der Waals surface area contributed by atoms with Gasteiger partial charge in [-0.15, -0.1) is 0 Å². The van der Waals surface area contributed by atoms with E-state index in [0.29, 0.717) is 37.8 Å². The minimum absolute atomic E-state index is 0.124. The Balaban J connectivity index is 1.18. The molecule has 3 amide bonds. The lowest BCUT2D eigenvalue weighted by atomic mass is 9.92. The summed E-state index contributed by atoms with van der Waals surface area (Å²) in [6.07, 6.45) is -0.539. The fraction of sp³-hybridized carbons (Fsp3) is 0.344. The maximum Gasteiger partial charge on any atom is 0.324 e. The summed E-state index contributed by atoms with van der Waals surface area (Å²) in [7, 11) is 1.81. The number of hydrogen-bond donors (Lipinski definition) is 3. The Morgan fingerprint density at radius 2 is 1.71 bits per heavy atom. The lowest BCUT2D eigenvalue weighted by Gasteiger charge is -2.32. The van der Waals surface area contributed by atoms with E-state index in [1.54, 1.807) is 4.68 Å². The molecule has 1 aromatic heterocycles. The van der Waals surface area contributed by atoms with E-state index in [4.69, 9.17) is 9.47 Å². The number of urea groups is 1. The van der Waals surface area contributed by atoms with Gasteiger partial charge in [0.25, 0.3) is 5.91 Å². The fourth-order valence-electron chi connectivity index (χ4n) is 4.82. The summed E-state index contributed by atoms with van der Waals surface area (Å²) in [6.45, 7) is 9.04. The molecule has 10 heteroatoms. The number of rotatable bonds is 8. The van der Waals surface area contributed by atoms with Gasteiger partial charge in [0.2, 0.25) is 0 Å². The van der Waals surface area contributed by atoms with Crippen molar-refractivity contribution in [3.63, 3.8) is 0 Å². The van der Waals surface area contributed by atoms with Crippen molar-refractivity contribution in [3.8, 4) is 5.75 Å². The highest BCUT2D eigenvalue weighted by atomic mass is 16.5. The Labute approximate surface area is 246 Å². The molecule has 4 aromatic rings. The predicted molar refractivity (Wildman–Crippen MR) is 165 cm³/mol. The molecule has 1 fully saturated rings. The largest absolute Gasteiger partial charge is 0.492 e. The van der Waals surface area contributed by atoms with Crippen LogP contribution in [-0.2, 0) is 22.0 Å². The number of hydrogen-bond acceptors (Lipinski definition) is 6. The standard InChI is InChI=1S/C32H38N6O4/c1-32(2,3)28-20-29(37(4)36-28)35-31(40)34-25-14-15-26(24-13-9-8-12-23(24)25)41-18-16-38-17-19-42-27(21-38)30(39)33-22-10-6-5-7-11-22/h5-15,20,27H,16-19,21H2,1-4H3,(H,33,39)(H2,34,35,40). The summed E-state index contributed by atoms with van der Waals surface area (Å²) in [5, 5.41) is 15.1. The molecule has 2 heterocycles. The number of aromatic nitrogens is 2. The van der Waals surface area contributed by atoms with E-state index in [-0.39, 0.29) is 17.4 Å². The van der Waals surface area contributed by atoms with Crippen LogP contribution in [0.25, 0.3) is 10.8 Å². The molecule has 5 rings (SSSR count). The van der Waals surface area contributed by atoms with Gasteiger partial charge in [-0.25, -0.2) is 4.79 Å². The van der Waals surface area contributed by atoms with Crippen LogP contribution in [0.15, 0.2) is 72.8 Å². The SMILES string of the molecule is Cn1nc(C(C)(C)C)cc1NC(=O)Nc1ccc(OCCN2CCOC(C(=O)Nc3ccccc3)C2)c2ccccc12. The molecule has 3 N–H and O–H groups in total. The third-order valence-corrected chi connectivity index (χ3v) is 7.17.